The molecule has 4 saturated carbocycles. The van der Waals surface area contributed by atoms with E-state index in [0.717, 1.165) is 77.2 Å². The van der Waals surface area contributed by atoms with E-state index in [1.165, 1.54) is 12.8 Å². The van der Waals surface area contributed by atoms with Crippen molar-refractivity contribution in [2.75, 3.05) is 12.3 Å². The van der Waals surface area contributed by atoms with Crippen molar-refractivity contribution in [1.29, 1.82) is 0 Å². The fourth-order valence-electron chi connectivity index (χ4n) is 6.70. The van der Waals surface area contributed by atoms with E-state index in [9.17, 15) is 18.0 Å². The maximum atomic E-state index is 13.4. The van der Waals surface area contributed by atoms with Crippen molar-refractivity contribution in [3.8, 4) is 0 Å². The molecule has 2 amide bonds. The summed E-state index contributed by atoms with van der Waals surface area (Å²) in [7, 11) is -2.96. The third-order valence-corrected chi connectivity index (χ3v) is 11.6. The van der Waals surface area contributed by atoms with Crippen LogP contribution in [0.1, 0.15) is 103 Å². The minimum Gasteiger partial charge on any atom is -0.353 e. The molecular formula is C27H45N3O4S. The summed E-state index contributed by atoms with van der Waals surface area (Å²) in [6.07, 6.45) is 15.2. The summed E-state index contributed by atoms with van der Waals surface area (Å²) in [6.45, 7) is 1.01. The number of amides is 2. The van der Waals surface area contributed by atoms with E-state index in [1.807, 2.05) is 0 Å². The summed E-state index contributed by atoms with van der Waals surface area (Å²) in [6, 6.07) is 0.610. The van der Waals surface area contributed by atoms with E-state index in [-0.39, 0.29) is 29.3 Å². The van der Waals surface area contributed by atoms with Crippen LogP contribution in [0.5, 0.6) is 0 Å². The molecule has 0 spiro atoms. The molecule has 1 atom stereocenters. The average Bonchev–Trinajstić information content (AvgIpc) is 3.78. The summed E-state index contributed by atoms with van der Waals surface area (Å²) in [5, 5.41) is 6.62. The Hall–Kier alpha value is -1.15. The van der Waals surface area contributed by atoms with Gasteiger partial charge in [0.25, 0.3) is 0 Å². The molecule has 0 aromatic rings. The zero-order valence-electron chi connectivity index (χ0n) is 21.3. The van der Waals surface area contributed by atoms with Gasteiger partial charge in [-0.3, -0.25) is 14.9 Å². The second kappa shape index (κ2) is 11.1. The van der Waals surface area contributed by atoms with E-state index in [4.69, 9.17) is 0 Å². The van der Waals surface area contributed by atoms with Crippen LogP contribution < -0.4 is 10.6 Å². The predicted octanol–water partition coefficient (Wildman–Crippen LogP) is 3.53. The Labute approximate surface area is 211 Å². The number of hydrogen-bond donors (Lipinski definition) is 2. The Morgan fingerprint density at radius 3 is 2.09 bits per heavy atom. The molecule has 1 aliphatic heterocycles. The Morgan fingerprint density at radius 1 is 0.800 bits per heavy atom. The molecule has 7 nitrogen and oxygen atoms in total. The van der Waals surface area contributed by atoms with Crippen molar-refractivity contribution in [3.05, 3.63) is 0 Å². The summed E-state index contributed by atoms with van der Waals surface area (Å²) < 4.78 is 25.1. The Bertz CT molecular complexity index is 848. The fourth-order valence-corrected chi connectivity index (χ4v) is 8.95. The SMILES string of the molecule is O=C(CC1CCC(S(=O)(=O)CC2CC2)CC1)NC1CCC(C(=O)N(C2CC2)C2CCCCN2)CC1. The largest absolute Gasteiger partial charge is 0.353 e. The van der Waals surface area contributed by atoms with E-state index >= 15 is 0 Å². The molecule has 0 bridgehead atoms. The van der Waals surface area contributed by atoms with E-state index < -0.39 is 9.84 Å². The van der Waals surface area contributed by atoms with Crippen molar-refractivity contribution in [3.63, 3.8) is 0 Å². The molecule has 2 N–H and O–H groups in total. The number of hydrogen-bond acceptors (Lipinski definition) is 5. The maximum Gasteiger partial charge on any atom is 0.227 e. The summed E-state index contributed by atoms with van der Waals surface area (Å²) in [4.78, 5) is 28.3. The van der Waals surface area contributed by atoms with E-state index in [0.29, 0.717) is 48.8 Å². The quantitative estimate of drug-likeness (QED) is 0.498. The van der Waals surface area contributed by atoms with Crippen LogP contribution in [0.3, 0.4) is 0 Å². The number of nitrogens with one attached hydrogen (secondary N) is 2. The number of piperidine rings is 1. The van der Waals surface area contributed by atoms with Gasteiger partial charge in [-0.2, -0.15) is 0 Å². The molecule has 8 heteroatoms. The molecule has 5 rings (SSSR count). The van der Waals surface area contributed by atoms with Gasteiger partial charge in [0.15, 0.2) is 9.84 Å². The molecule has 1 heterocycles. The lowest BCUT2D eigenvalue weighted by Crippen LogP contribution is -2.54. The van der Waals surface area contributed by atoms with Gasteiger partial charge in [-0.15, -0.1) is 0 Å². The fraction of sp³-hybridized carbons (Fsp3) is 0.926. The normalized spacial score (nSPS) is 34.2. The molecule has 5 aliphatic rings. The lowest BCUT2D eigenvalue weighted by atomic mass is 9.84. The van der Waals surface area contributed by atoms with Crippen LogP contribution in [-0.2, 0) is 19.4 Å². The summed E-state index contributed by atoms with van der Waals surface area (Å²) >= 11 is 0. The minimum absolute atomic E-state index is 0.0975. The van der Waals surface area contributed by atoms with E-state index in [1.54, 1.807) is 0 Å². The molecule has 35 heavy (non-hydrogen) atoms. The Kier molecular flexibility index (Phi) is 8.07. The smallest absolute Gasteiger partial charge is 0.227 e. The highest BCUT2D eigenvalue weighted by Gasteiger charge is 2.41. The maximum absolute atomic E-state index is 13.4. The molecule has 0 radical (unpaired) electrons. The van der Waals surface area contributed by atoms with Crippen molar-refractivity contribution >= 4 is 21.7 Å². The Morgan fingerprint density at radius 2 is 1.49 bits per heavy atom. The van der Waals surface area contributed by atoms with Crippen LogP contribution in [-0.4, -0.2) is 60.9 Å². The number of carbonyl (C=O) groups excluding carboxylic acids is 2. The first-order chi connectivity index (χ1) is 16.9. The predicted molar refractivity (Wildman–Crippen MR) is 136 cm³/mol. The van der Waals surface area contributed by atoms with Crippen molar-refractivity contribution in [2.45, 2.75) is 126 Å². The number of sulfone groups is 1. The summed E-state index contributed by atoms with van der Waals surface area (Å²) in [5.41, 5.74) is 0. The first-order valence-electron chi connectivity index (χ1n) is 14.5. The van der Waals surface area contributed by atoms with Gasteiger partial charge in [0, 0.05) is 24.4 Å². The van der Waals surface area contributed by atoms with Crippen LogP contribution in [0.25, 0.3) is 0 Å². The first-order valence-corrected chi connectivity index (χ1v) is 16.2. The first kappa shape index (κ1) is 25.5. The highest BCUT2D eigenvalue weighted by atomic mass is 32.2. The van der Waals surface area contributed by atoms with Gasteiger partial charge < -0.3 is 10.2 Å². The highest BCUT2D eigenvalue weighted by molar-refractivity contribution is 7.92. The highest BCUT2D eigenvalue weighted by Crippen LogP contribution is 2.37. The monoisotopic (exact) mass is 507 g/mol. The second-order valence-corrected chi connectivity index (χ2v) is 14.5. The third-order valence-electron chi connectivity index (χ3n) is 9.20. The Balaban J connectivity index is 1.02. The van der Waals surface area contributed by atoms with Crippen LogP contribution in [0, 0.1) is 17.8 Å². The molecule has 198 valence electrons. The molecule has 1 saturated heterocycles. The third kappa shape index (κ3) is 6.79. The number of carbonyl (C=O) groups is 2. The standard InChI is InChI=1S/C27H45N3O4S/c31-26(17-19-6-14-24(15-7-19)35(33,34)18-20-4-5-20)29-22-10-8-21(9-11-22)27(32)30(23-12-13-23)25-3-1-2-16-28-25/h19-25,28H,1-18H2,(H,29,31). The van der Waals surface area contributed by atoms with Crippen LogP contribution >= 0.6 is 0 Å². The molecular weight excluding hydrogens is 462 g/mol. The summed E-state index contributed by atoms with van der Waals surface area (Å²) in [5.74, 6) is 1.63. The van der Waals surface area contributed by atoms with Crippen molar-refractivity contribution in [2.24, 2.45) is 17.8 Å². The van der Waals surface area contributed by atoms with Crippen LogP contribution in [0.15, 0.2) is 0 Å². The van der Waals surface area contributed by atoms with Gasteiger partial charge in [0.05, 0.1) is 17.2 Å². The zero-order chi connectivity index (χ0) is 24.4. The average molecular weight is 508 g/mol. The van der Waals surface area contributed by atoms with Crippen LogP contribution in [0.4, 0.5) is 0 Å². The van der Waals surface area contributed by atoms with Crippen LogP contribution in [0.2, 0.25) is 0 Å². The zero-order valence-corrected chi connectivity index (χ0v) is 22.1. The molecule has 5 fully saturated rings. The lowest BCUT2D eigenvalue weighted by molar-refractivity contribution is -0.141. The molecule has 1 unspecified atom stereocenters. The van der Waals surface area contributed by atoms with Gasteiger partial charge in [0.1, 0.15) is 0 Å². The van der Waals surface area contributed by atoms with Gasteiger partial charge in [-0.05, 0) is 115 Å². The molecule has 0 aromatic heterocycles. The van der Waals surface area contributed by atoms with Gasteiger partial charge in [-0.1, -0.05) is 0 Å². The second-order valence-electron chi connectivity index (χ2n) is 12.2. The molecule has 4 aliphatic carbocycles. The number of rotatable bonds is 9. The van der Waals surface area contributed by atoms with Gasteiger partial charge in [-0.25, -0.2) is 8.42 Å². The van der Waals surface area contributed by atoms with Crippen molar-refractivity contribution in [1.82, 2.24) is 15.5 Å². The van der Waals surface area contributed by atoms with Gasteiger partial charge >= 0.3 is 0 Å². The van der Waals surface area contributed by atoms with Gasteiger partial charge in [0.2, 0.25) is 11.8 Å². The topological polar surface area (TPSA) is 95.6 Å². The van der Waals surface area contributed by atoms with E-state index in [2.05, 4.69) is 15.5 Å². The minimum atomic E-state index is -2.96. The van der Waals surface area contributed by atoms with Crippen molar-refractivity contribution < 1.29 is 18.0 Å². The lowest BCUT2D eigenvalue weighted by Gasteiger charge is -2.39. The molecule has 0 aromatic carbocycles. The number of nitrogens with zero attached hydrogens (tertiary/aromatic N) is 1.